The van der Waals surface area contributed by atoms with Gasteiger partial charge in [0, 0.05) is 0 Å². The van der Waals surface area contributed by atoms with Gasteiger partial charge in [-0.15, -0.1) is 0 Å². The molecule has 0 aliphatic heterocycles. The van der Waals surface area contributed by atoms with Gasteiger partial charge in [-0.2, -0.15) is 0 Å². The van der Waals surface area contributed by atoms with Gasteiger partial charge in [-0.05, 0) is 0 Å². The van der Waals surface area contributed by atoms with E-state index in [1.54, 1.807) is 77.0 Å². The molecule has 3 aliphatic carbocycles. The van der Waals surface area contributed by atoms with Crippen LogP contribution in [0.5, 0.6) is 0 Å². The first-order valence-corrected chi connectivity index (χ1v) is 15.7. The van der Waals surface area contributed by atoms with Gasteiger partial charge in [0.25, 0.3) is 0 Å². The van der Waals surface area contributed by atoms with Crippen molar-refractivity contribution in [3.05, 3.63) is 0 Å². The van der Waals surface area contributed by atoms with Crippen LogP contribution in [-0.4, -0.2) is 13.3 Å². The van der Waals surface area contributed by atoms with E-state index in [9.17, 15) is 0 Å². The summed E-state index contributed by atoms with van der Waals surface area (Å²) in [5, 5.41) is 0. The summed E-state index contributed by atoms with van der Waals surface area (Å²) in [5.41, 5.74) is 0. The van der Waals surface area contributed by atoms with Crippen molar-refractivity contribution in [2.45, 2.75) is 136 Å². The molecule has 23 heavy (non-hydrogen) atoms. The molecule has 3 aliphatic rings. The van der Waals surface area contributed by atoms with Crippen molar-refractivity contribution in [1.29, 1.82) is 0 Å². The molecular weight excluding hydrogens is 337 g/mol. The summed E-state index contributed by atoms with van der Waals surface area (Å²) in [5.74, 6) is 0. The molecule has 0 aromatic carbocycles. The van der Waals surface area contributed by atoms with Crippen LogP contribution in [0.1, 0.15) is 117 Å². The molecular formula is C22H42Ge. The molecule has 3 rings (SSSR count). The zero-order valence-corrected chi connectivity index (χ0v) is 18.4. The molecule has 0 aromatic heterocycles. The van der Waals surface area contributed by atoms with E-state index in [0.29, 0.717) is 4.25 Å². The molecule has 0 unspecified atom stereocenters. The molecule has 3 saturated carbocycles. The van der Waals surface area contributed by atoms with Crippen LogP contribution in [0.15, 0.2) is 0 Å². The van der Waals surface area contributed by atoms with Crippen LogP contribution in [0, 0.1) is 0 Å². The number of hydrogen-bond acceptors (Lipinski definition) is 0. The molecule has 0 radical (unpaired) electrons. The van der Waals surface area contributed by atoms with Crippen LogP contribution in [0.2, 0.25) is 18.5 Å². The van der Waals surface area contributed by atoms with Crippen LogP contribution in [0.4, 0.5) is 0 Å². The van der Waals surface area contributed by atoms with Gasteiger partial charge in [0.05, 0.1) is 0 Å². The Balaban J connectivity index is 1.99. The van der Waals surface area contributed by atoms with Crippen molar-refractivity contribution < 1.29 is 0 Å². The van der Waals surface area contributed by atoms with Crippen molar-refractivity contribution in [3.63, 3.8) is 0 Å². The summed E-state index contributed by atoms with van der Waals surface area (Å²) in [6, 6.07) is 0. The summed E-state index contributed by atoms with van der Waals surface area (Å²) in [7, 11) is 0. The molecule has 1 heteroatoms. The third-order valence-corrected chi connectivity index (χ3v) is 25.7. The van der Waals surface area contributed by atoms with Gasteiger partial charge in [-0.3, -0.25) is 0 Å². The van der Waals surface area contributed by atoms with Gasteiger partial charge in [-0.1, -0.05) is 0 Å². The fourth-order valence-corrected chi connectivity index (χ4v) is 28.1. The minimum atomic E-state index is -1.97. The van der Waals surface area contributed by atoms with E-state index in [1.807, 2.05) is 0 Å². The summed E-state index contributed by atoms with van der Waals surface area (Å²) in [4.78, 5) is 0. The van der Waals surface area contributed by atoms with Crippen molar-refractivity contribution in [2.75, 3.05) is 0 Å². The third kappa shape index (κ3) is 3.58. The van der Waals surface area contributed by atoms with Gasteiger partial charge in [-0.25, -0.2) is 0 Å². The molecule has 0 N–H and O–H groups in total. The molecule has 0 saturated heterocycles. The second-order valence-electron chi connectivity index (χ2n) is 10.2. The molecule has 0 bridgehead atoms. The summed E-state index contributed by atoms with van der Waals surface area (Å²) >= 11 is -1.97. The Morgan fingerprint density at radius 2 is 0.739 bits per heavy atom. The maximum absolute atomic E-state index is 2.71. The van der Waals surface area contributed by atoms with Gasteiger partial charge in [0.1, 0.15) is 0 Å². The van der Waals surface area contributed by atoms with Crippen LogP contribution in [0.25, 0.3) is 0 Å². The predicted octanol–water partition coefficient (Wildman–Crippen LogP) is 8.24. The first-order chi connectivity index (χ1) is 11.1. The molecule has 0 nitrogen and oxygen atoms in total. The molecule has 0 aromatic rings. The van der Waals surface area contributed by atoms with E-state index in [1.165, 1.54) is 33.5 Å². The van der Waals surface area contributed by atoms with Crippen molar-refractivity contribution in [3.8, 4) is 0 Å². The van der Waals surface area contributed by atoms with Gasteiger partial charge >= 0.3 is 149 Å². The Morgan fingerprint density at radius 1 is 0.478 bits per heavy atom. The molecule has 0 heterocycles. The predicted molar refractivity (Wildman–Crippen MR) is 106 cm³/mol. The van der Waals surface area contributed by atoms with Gasteiger partial charge in [0.2, 0.25) is 0 Å². The number of hydrogen-bond donors (Lipinski definition) is 0. The van der Waals surface area contributed by atoms with E-state index >= 15 is 0 Å². The van der Waals surface area contributed by atoms with Crippen LogP contribution >= 0.6 is 0 Å². The van der Waals surface area contributed by atoms with E-state index in [-0.39, 0.29) is 0 Å². The van der Waals surface area contributed by atoms with E-state index in [0.717, 1.165) is 0 Å². The number of rotatable bonds is 3. The molecule has 3 fully saturated rings. The second-order valence-corrected chi connectivity index (χ2v) is 22.4. The fraction of sp³-hybridized carbons (Fsp3) is 1.00. The van der Waals surface area contributed by atoms with Crippen molar-refractivity contribution in [2.24, 2.45) is 0 Å². The van der Waals surface area contributed by atoms with Gasteiger partial charge in [0.15, 0.2) is 0 Å². The topological polar surface area (TPSA) is 0 Å². The normalized spacial score (nSPS) is 27.3. The first-order valence-electron chi connectivity index (χ1n) is 11.1. The molecule has 134 valence electrons. The molecule has 0 atom stereocenters. The molecule has 0 amide bonds. The quantitative estimate of drug-likeness (QED) is 0.433. The average Bonchev–Trinajstić information content (AvgIpc) is 2.57. The van der Waals surface area contributed by atoms with Crippen molar-refractivity contribution >= 4 is 13.3 Å². The monoisotopic (exact) mass is 380 g/mol. The summed E-state index contributed by atoms with van der Waals surface area (Å²) in [6.07, 6.45) is 23.8. The van der Waals surface area contributed by atoms with Crippen LogP contribution in [-0.2, 0) is 0 Å². The standard InChI is InChI=1S/C22H42Ge/c1-22(2,3)23(19-13-7-4-8-14-19,20-15-9-5-10-16-20)21-17-11-6-12-18-21/h19-21H,4-18H2,1-3H3. The van der Waals surface area contributed by atoms with E-state index in [2.05, 4.69) is 20.8 Å². The average molecular weight is 379 g/mol. The Kier molecular flexibility index (Phi) is 6.25. The zero-order valence-electron chi connectivity index (χ0n) is 16.3. The minimum absolute atomic E-state index is 0.673. The zero-order chi connectivity index (χ0) is 16.3. The van der Waals surface area contributed by atoms with E-state index in [4.69, 9.17) is 0 Å². The van der Waals surface area contributed by atoms with Gasteiger partial charge < -0.3 is 0 Å². The summed E-state index contributed by atoms with van der Waals surface area (Å²) in [6.45, 7) is 8.14. The summed E-state index contributed by atoms with van der Waals surface area (Å²) < 4.78 is 4.33. The Bertz CT molecular complexity index is 303. The van der Waals surface area contributed by atoms with Crippen molar-refractivity contribution in [1.82, 2.24) is 0 Å². The molecule has 0 spiro atoms. The van der Waals surface area contributed by atoms with Crippen LogP contribution < -0.4 is 0 Å². The third-order valence-electron chi connectivity index (χ3n) is 8.14. The second kappa shape index (κ2) is 7.83. The first kappa shape index (κ1) is 18.3. The Morgan fingerprint density at radius 3 is 0.957 bits per heavy atom. The fourth-order valence-electron chi connectivity index (χ4n) is 7.58. The Labute approximate surface area is 148 Å². The maximum atomic E-state index is 2.71. The van der Waals surface area contributed by atoms with Crippen LogP contribution in [0.3, 0.4) is 0 Å². The Hall–Kier alpha value is 0.543. The van der Waals surface area contributed by atoms with E-state index < -0.39 is 13.3 Å². The SMILES string of the molecule is C[C](C)(C)[Ge]([CH]1CCCCC1)([CH]1CCCCC1)[CH]1CCCCC1.